The van der Waals surface area contributed by atoms with E-state index < -0.39 is 30.4 Å². The van der Waals surface area contributed by atoms with Gasteiger partial charge in [-0.1, -0.05) is 38.1 Å². The van der Waals surface area contributed by atoms with Gasteiger partial charge in [-0.25, -0.2) is 9.97 Å². The number of ether oxygens (including phenoxy) is 1. The summed E-state index contributed by atoms with van der Waals surface area (Å²) in [4.78, 5) is 24.9. The van der Waals surface area contributed by atoms with E-state index in [1.54, 1.807) is 29.2 Å². The first-order chi connectivity index (χ1) is 26.5. The van der Waals surface area contributed by atoms with Crippen LogP contribution in [-0.4, -0.2) is 63.1 Å². The van der Waals surface area contributed by atoms with E-state index in [1.165, 1.54) is 6.07 Å². The van der Waals surface area contributed by atoms with Crippen LogP contribution in [0.5, 0.6) is 5.75 Å². The number of hydrogen-bond acceptors (Lipinski definition) is 8. The minimum Gasteiger partial charge on any atom is -0.480 e. The highest BCUT2D eigenvalue weighted by Gasteiger charge is 2.38. The van der Waals surface area contributed by atoms with Gasteiger partial charge >= 0.3 is 18.8 Å². The van der Waals surface area contributed by atoms with E-state index >= 15 is 0 Å². The van der Waals surface area contributed by atoms with Crippen LogP contribution in [0, 0.1) is 19.3 Å². The Bertz CT molecular complexity index is 2480. The van der Waals surface area contributed by atoms with Crippen molar-refractivity contribution >= 4 is 28.2 Å². The summed E-state index contributed by atoms with van der Waals surface area (Å²) in [6.07, 6.45) is -3.52. The molecule has 0 bridgehead atoms. The van der Waals surface area contributed by atoms with Gasteiger partial charge in [0, 0.05) is 48.9 Å². The Morgan fingerprint density at radius 1 is 0.911 bits per heavy atom. The van der Waals surface area contributed by atoms with Crippen molar-refractivity contribution in [3.63, 3.8) is 0 Å². The number of carboxylic acid groups (broad SMARTS) is 1. The Morgan fingerprint density at radius 3 is 2.14 bits per heavy atom. The Hall–Kier alpha value is -5.34. The molecule has 1 N–H and O–H groups in total. The van der Waals surface area contributed by atoms with Crippen LogP contribution in [0.25, 0.3) is 56.2 Å². The van der Waals surface area contributed by atoms with E-state index in [0.717, 1.165) is 41.4 Å². The fourth-order valence-electron chi connectivity index (χ4n) is 8.32. The summed E-state index contributed by atoms with van der Waals surface area (Å²) in [5.74, 6) is -0.794. The Labute approximate surface area is 318 Å². The van der Waals surface area contributed by atoms with Gasteiger partial charge in [-0.05, 0) is 96.8 Å². The second-order valence-electron chi connectivity index (χ2n) is 15.6. The fraction of sp³-hybridized carbons (Fsp3) is 0.357. The molecule has 292 valence electrons. The van der Waals surface area contributed by atoms with Gasteiger partial charge in [0.15, 0.2) is 11.2 Å². The minimum atomic E-state index is -4.64. The SMILES string of the molecule is Cc1c(-c2nc3cc(CN4CCC[C@H]4C(=O)O)c(OC(F)F)cc3o2)cccc1-c1cccc(-c2nc3cc(CN4CC(C)(C)C4)cc(C(F)(F)F)c3o2)c1C. The number of fused-ring (bicyclic) bond motifs is 2. The average Bonchev–Trinajstić information content (AvgIpc) is 3.85. The highest BCUT2D eigenvalue weighted by atomic mass is 19.4. The second kappa shape index (κ2) is 14.0. The molecular weight excluding hydrogens is 735 g/mol. The number of carboxylic acids is 1. The second-order valence-corrected chi connectivity index (χ2v) is 15.6. The van der Waals surface area contributed by atoms with E-state index in [1.807, 2.05) is 38.1 Å². The van der Waals surface area contributed by atoms with Gasteiger partial charge in [0.1, 0.15) is 28.4 Å². The van der Waals surface area contributed by atoms with Crippen LogP contribution < -0.4 is 4.74 Å². The zero-order chi connectivity index (χ0) is 39.7. The quantitative estimate of drug-likeness (QED) is 0.136. The molecule has 4 aromatic carbocycles. The first-order valence-corrected chi connectivity index (χ1v) is 18.3. The lowest BCUT2D eigenvalue weighted by Gasteiger charge is -2.46. The summed E-state index contributed by atoms with van der Waals surface area (Å²) < 4.78 is 87.0. The van der Waals surface area contributed by atoms with Crippen LogP contribution in [0.2, 0.25) is 0 Å². The molecule has 8 rings (SSSR count). The normalized spacial score (nSPS) is 17.6. The topological polar surface area (TPSA) is 105 Å². The molecule has 0 radical (unpaired) electrons. The molecule has 9 nitrogen and oxygen atoms in total. The average molecular weight is 775 g/mol. The zero-order valence-corrected chi connectivity index (χ0v) is 31.1. The van der Waals surface area contributed by atoms with Crippen molar-refractivity contribution in [2.45, 2.75) is 72.5 Å². The summed E-state index contributed by atoms with van der Waals surface area (Å²) in [7, 11) is 0. The molecule has 0 unspecified atom stereocenters. The highest BCUT2D eigenvalue weighted by molar-refractivity contribution is 5.86. The first kappa shape index (κ1) is 37.6. The number of likely N-dealkylation sites (tertiary alicyclic amines) is 2. The zero-order valence-electron chi connectivity index (χ0n) is 31.1. The third-order valence-electron chi connectivity index (χ3n) is 10.8. The Balaban J connectivity index is 1.14. The van der Waals surface area contributed by atoms with Crippen molar-refractivity contribution in [2.75, 3.05) is 19.6 Å². The molecular formula is C42H39F5N4O5. The molecule has 6 aromatic rings. The number of benzene rings is 4. The molecule has 4 heterocycles. The van der Waals surface area contributed by atoms with Crippen molar-refractivity contribution in [3.8, 4) is 39.8 Å². The van der Waals surface area contributed by atoms with E-state index in [4.69, 9.17) is 18.6 Å². The molecule has 2 saturated heterocycles. The van der Waals surface area contributed by atoms with Gasteiger partial charge in [0.25, 0.3) is 0 Å². The maximum Gasteiger partial charge on any atom is 0.420 e. The van der Waals surface area contributed by atoms with Gasteiger partial charge in [-0.2, -0.15) is 22.0 Å². The summed E-state index contributed by atoms with van der Waals surface area (Å²) >= 11 is 0. The van der Waals surface area contributed by atoms with Crippen LogP contribution in [0.4, 0.5) is 22.0 Å². The predicted octanol–water partition coefficient (Wildman–Crippen LogP) is 10.1. The van der Waals surface area contributed by atoms with E-state index in [0.29, 0.717) is 53.7 Å². The van der Waals surface area contributed by atoms with Gasteiger partial charge in [0.05, 0.1) is 0 Å². The highest BCUT2D eigenvalue weighted by Crippen LogP contribution is 2.42. The predicted molar refractivity (Wildman–Crippen MR) is 199 cm³/mol. The van der Waals surface area contributed by atoms with Gasteiger partial charge in [0.2, 0.25) is 11.8 Å². The summed E-state index contributed by atoms with van der Waals surface area (Å²) in [5.41, 5.74) is 4.82. The standard InChI is InChI=1S/C42H39F5N4O5/c1-22-26(8-5-10-28(22)37-48-31-16-25(19-51-13-7-12-33(51)39(52)53)34(55-40(43)44)17-35(31)54-37)27-9-6-11-29(23(27)2)38-49-32-15-24(18-50-20-41(3,4)21-50)14-30(36(32)56-38)42(45,46)47/h5-6,8-11,14-17,33,40H,7,12-13,18-21H2,1-4H3,(H,52,53)/t33-/m0/s1. The van der Waals surface area contributed by atoms with Crippen molar-refractivity contribution in [1.82, 2.24) is 19.8 Å². The summed E-state index contributed by atoms with van der Waals surface area (Å²) in [6.45, 7) is 7.43. The molecule has 0 aliphatic carbocycles. The molecule has 0 saturated carbocycles. The molecule has 0 spiro atoms. The molecule has 2 fully saturated rings. The maximum absolute atomic E-state index is 14.4. The number of hydrogen-bond donors (Lipinski definition) is 1. The lowest BCUT2D eigenvalue weighted by atomic mass is 9.84. The van der Waals surface area contributed by atoms with Crippen LogP contribution in [0.1, 0.15) is 54.5 Å². The number of nitrogens with zero attached hydrogens (tertiary/aromatic N) is 4. The lowest BCUT2D eigenvalue weighted by Crippen LogP contribution is -2.52. The van der Waals surface area contributed by atoms with E-state index in [2.05, 4.69) is 23.7 Å². The van der Waals surface area contributed by atoms with Gasteiger partial charge in [-0.15, -0.1) is 0 Å². The van der Waals surface area contributed by atoms with Crippen LogP contribution >= 0.6 is 0 Å². The Morgan fingerprint density at radius 2 is 1.54 bits per heavy atom. The largest absolute Gasteiger partial charge is 0.480 e. The molecule has 2 aliphatic rings. The number of rotatable bonds is 10. The first-order valence-electron chi connectivity index (χ1n) is 18.3. The minimum absolute atomic E-state index is 0.0704. The molecule has 56 heavy (non-hydrogen) atoms. The van der Waals surface area contributed by atoms with E-state index in [-0.39, 0.29) is 46.2 Å². The fourth-order valence-corrected chi connectivity index (χ4v) is 8.32. The van der Waals surface area contributed by atoms with Crippen molar-refractivity contribution in [3.05, 3.63) is 88.5 Å². The summed E-state index contributed by atoms with van der Waals surface area (Å²) in [5, 5.41) is 9.65. The number of alkyl halides is 5. The van der Waals surface area contributed by atoms with Crippen LogP contribution in [0.3, 0.4) is 0 Å². The monoisotopic (exact) mass is 774 g/mol. The van der Waals surface area contributed by atoms with Gasteiger partial charge in [-0.3, -0.25) is 14.6 Å². The smallest absolute Gasteiger partial charge is 0.420 e. The number of aromatic nitrogens is 2. The van der Waals surface area contributed by atoms with E-state index in [9.17, 15) is 31.9 Å². The number of halogens is 5. The molecule has 1 atom stereocenters. The lowest BCUT2D eigenvalue weighted by molar-refractivity contribution is -0.142. The van der Waals surface area contributed by atoms with Crippen LogP contribution in [0.15, 0.2) is 69.5 Å². The van der Waals surface area contributed by atoms with Crippen molar-refractivity contribution < 1.29 is 45.4 Å². The molecule has 2 aliphatic heterocycles. The van der Waals surface area contributed by atoms with Crippen molar-refractivity contribution in [2.24, 2.45) is 5.41 Å². The number of carbonyl (C=O) groups is 1. The Kier molecular flexibility index (Phi) is 9.39. The molecule has 14 heteroatoms. The molecule has 2 aromatic heterocycles. The third-order valence-corrected chi connectivity index (χ3v) is 10.8. The van der Waals surface area contributed by atoms with Crippen molar-refractivity contribution in [1.29, 1.82) is 0 Å². The summed E-state index contributed by atoms with van der Waals surface area (Å²) in [6, 6.07) is 16.0. The van der Waals surface area contributed by atoms with Crippen LogP contribution in [-0.2, 0) is 24.1 Å². The molecule has 0 amide bonds. The third kappa shape index (κ3) is 7.11. The van der Waals surface area contributed by atoms with Gasteiger partial charge < -0.3 is 18.7 Å². The number of oxazole rings is 2. The maximum atomic E-state index is 14.4. The number of aliphatic carboxylic acids is 1.